The summed E-state index contributed by atoms with van der Waals surface area (Å²) in [5.74, 6) is 1.52. The van der Waals surface area contributed by atoms with Gasteiger partial charge in [-0.3, -0.25) is 4.79 Å². The van der Waals surface area contributed by atoms with Crippen LogP contribution < -0.4 is 5.32 Å². The fourth-order valence-electron chi connectivity index (χ4n) is 2.69. The molecule has 15 heavy (non-hydrogen) atoms. The fraction of sp³-hybridized carbons (Fsp3) is 0.917. The Labute approximate surface area is 92.2 Å². The quantitative estimate of drug-likeness (QED) is 0.744. The third kappa shape index (κ3) is 2.51. The lowest BCUT2D eigenvalue weighted by atomic mass is 9.93. The first kappa shape index (κ1) is 10.9. The van der Waals surface area contributed by atoms with Gasteiger partial charge in [0.1, 0.15) is 0 Å². The fourth-order valence-corrected chi connectivity index (χ4v) is 2.69. The van der Waals surface area contributed by atoms with Crippen molar-refractivity contribution in [2.24, 2.45) is 11.8 Å². The molecule has 0 aromatic rings. The lowest BCUT2D eigenvalue weighted by Crippen LogP contribution is -2.42. The van der Waals surface area contributed by atoms with E-state index in [0.29, 0.717) is 5.91 Å². The van der Waals surface area contributed by atoms with Crippen molar-refractivity contribution in [1.82, 2.24) is 10.2 Å². The Morgan fingerprint density at radius 1 is 1.33 bits per heavy atom. The van der Waals surface area contributed by atoms with Gasteiger partial charge in [-0.15, -0.1) is 0 Å². The molecular weight excluding hydrogens is 188 g/mol. The highest BCUT2D eigenvalue weighted by atomic mass is 16.2. The van der Waals surface area contributed by atoms with E-state index in [-0.39, 0.29) is 5.92 Å². The van der Waals surface area contributed by atoms with E-state index < -0.39 is 0 Å². The molecule has 2 aliphatic rings. The minimum atomic E-state index is 0.267. The number of piperidine rings is 1. The molecule has 2 aliphatic heterocycles. The summed E-state index contributed by atoms with van der Waals surface area (Å²) in [6.07, 6.45) is 4.73. The summed E-state index contributed by atoms with van der Waals surface area (Å²) >= 11 is 0. The summed E-state index contributed by atoms with van der Waals surface area (Å²) in [6.45, 7) is 6.15. The standard InChI is InChI=1S/C12H22N2O/c1-2-10-4-7-14(8-5-10)12(15)11-3-6-13-9-11/h10-11,13H,2-9H2,1H3/t11-/m1/s1. The lowest BCUT2D eigenvalue weighted by Gasteiger charge is -2.33. The van der Waals surface area contributed by atoms with Crippen LogP contribution in [0.1, 0.15) is 32.6 Å². The average molecular weight is 210 g/mol. The van der Waals surface area contributed by atoms with Crippen LogP contribution in [0.2, 0.25) is 0 Å². The van der Waals surface area contributed by atoms with Gasteiger partial charge in [0.15, 0.2) is 0 Å². The van der Waals surface area contributed by atoms with Gasteiger partial charge in [-0.05, 0) is 31.7 Å². The summed E-state index contributed by atoms with van der Waals surface area (Å²) in [5, 5.41) is 3.26. The van der Waals surface area contributed by atoms with E-state index in [4.69, 9.17) is 0 Å². The molecule has 2 heterocycles. The molecule has 0 aliphatic carbocycles. The predicted octanol–water partition coefficient (Wildman–Crippen LogP) is 1.24. The van der Waals surface area contributed by atoms with E-state index in [2.05, 4.69) is 17.1 Å². The van der Waals surface area contributed by atoms with Crippen molar-refractivity contribution in [2.75, 3.05) is 26.2 Å². The molecule has 0 aromatic heterocycles. The van der Waals surface area contributed by atoms with Crippen molar-refractivity contribution in [2.45, 2.75) is 32.6 Å². The van der Waals surface area contributed by atoms with Crippen LogP contribution in [0.25, 0.3) is 0 Å². The van der Waals surface area contributed by atoms with Crippen molar-refractivity contribution in [3.63, 3.8) is 0 Å². The zero-order valence-electron chi connectivity index (χ0n) is 9.67. The number of rotatable bonds is 2. The van der Waals surface area contributed by atoms with E-state index in [9.17, 15) is 4.79 Å². The zero-order chi connectivity index (χ0) is 10.7. The van der Waals surface area contributed by atoms with Gasteiger partial charge in [-0.2, -0.15) is 0 Å². The lowest BCUT2D eigenvalue weighted by molar-refractivity contribution is -0.136. The molecule has 0 spiro atoms. The van der Waals surface area contributed by atoms with Crippen molar-refractivity contribution in [3.8, 4) is 0 Å². The molecule has 86 valence electrons. The summed E-state index contributed by atoms with van der Waals surface area (Å²) in [5.41, 5.74) is 0. The van der Waals surface area contributed by atoms with Crippen LogP contribution in [-0.4, -0.2) is 37.0 Å². The summed E-state index contributed by atoms with van der Waals surface area (Å²) < 4.78 is 0. The number of likely N-dealkylation sites (tertiary alicyclic amines) is 1. The minimum Gasteiger partial charge on any atom is -0.342 e. The average Bonchev–Trinajstić information content (AvgIpc) is 2.82. The van der Waals surface area contributed by atoms with E-state index >= 15 is 0 Å². The topological polar surface area (TPSA) is 32.3 Å². The van der Waals surface area contributed by atoms with Crippen LogP contribution in [-0.2, 0) is 4.79 Å². The second-order valence-electron chi connectivity index (χ2n) is 4.87. The van der Waals surface area contributed by atoms with Gasteiger partial charge in [0, 0.05) is 19.6 Å². The number of carbonyl (C=O) groups is 1. The van der Waals surface area contributed by atoms with Gasteiger partial charge in [-0.25, -0.2) is 0 Å². The first-order chi connectivity index (χ1) is 7.31. The molecule has 1 N–H and O–H groups in total. The second-order valence-corrected chi connectivity index (χ2v) is 4.87. The molecule has 3 heteroatoms. The molecule has 2 rings (SSSR count). The van der Waals surface area contributed by atoms with Crippen LogP contribution in [0, 0.1) is 11.8 Å². The second kappa shape index (κ2) is 4.97. The van der Waals surface area contributed by atoms with Crippen LogP contribution >= 0.6 is 0 Å². The smallest absolute Gasteiger partial charge is 0.227 e. The summed E-state index contributed by atoms with van der Waals surface area (Å²) in [7, 11) is 0. The Morgan fingerprint density at radius 2 is 2.07 bits per heavy atom. The number of nitrogens with zero attached hydrogens (tertiary/aromatic N) is 1. The third-order valence-corrected chi connectivity index (χ3v) is 3.91. The van der Waals surface area contributed by atoms with Gasteiger partial charge in [0.2, 0.25) is 5.91 Å². The van der Waals surface area contributed by atoms with E-state index in [0.717, 1.165) is 38.5 Å². The van der Waals surface area contributed by atoms with Crippen molar-refractivity contribution in [3.05, 3.63) is 0 Å². The van der Waals surface area contributed by atoms with Gasteiger partial charge in [-0.1, -0.05) is 13.3 Å². The van der Waals surface area contributed by atoms with Gasteiger partial charge in [0.05, 0.1) is 5.92 Å². The van der Waals surface area contributed by atoms with E-state index in [1.165, 1.54) is 19.3 Å². The van der Waals surface area contributed by atoms with Crippen LogP contribution in [0.3, 0.4) is 0 Å². The molecule has 1 amide bonds. The Morgan fingerprint density at radius 3 is 2.60 bits per heavy atom. The largest absolute Gasteiger partial charge is 0.342 e. The highest BCUT2D eigenvalue weighted by Gasteiger charge is 2.29. The summed E-state index contributed by atoms with van der Waals surface area (Å²) in [4.78, 5) is 14.2. The van der Waals surface area contributed by atoms with Crippen LogP contribution in [0.5, 0.6) is 0 Å². The molecule has 2 saturated heterocycles. The zero-order valence-corrected chi connectivity index (χ0v) is 9.67. The molecular formula is C12H22N2O. The highest BCUT2D eigenvalue weighted by Crippen LogP contribution is 2.22. The first-order valence-electron chi connectivity index (χ1n) is 6.30. The van der Waals surface area contributed by atoms with E-state index in [1.807, 2.05) is 0 Å². The SMILES string of the molecule is CCC1CCN(C(=O)[C@@H]2CCNC2)CC1. The maximum absolute atomic E-state index is 12.1. The van der Waals surface area contributed by atoms with Gasteiger partial charge in [0.25, 0.3) is 0 Å². The maximum Gasteiger partial charge on any atom is 0.227 e. The molecule has 0 bridgehead atoms. The van der Waals surface area contributed by atoms with Crippen molar-refractivity contribution >= 4 is 5.91 Å². The normalized spacial score (nSPS) is 28.3. The van der Waals surface area contributed by atoms with Crippen LogP contribution in [0.4, 0.5) is 0 Å². The molecule has 2 fully saturated rings. The van der Waals surface area contributed by atoms with Gasteiger partial charge >= 0.3 is 0 Å². The van der Waals surface area contributed by atoms with E-state index in [1.54, 1.807) is 0 Å². The first-order valence-corrected chi connectivity index (χ1v) is 6.30. The Bertz CT molecular complexity index is 216. The Kier molecular flexibility index (Phi) is 3.62. The Hall–Kier alpha value is -0.570. The minimum absolute atomic E-state index is 0.267. The molecule has 0 radical (unpaired) electrons. The van der Waals surface area contributed by atoms with Crippen LogP contribution in [0.15, 0.2) is 0 Å². The molecule has 0 unspecified atom stereocenters. The Balaban J connectivity index is 1.81. The molecule has 0 aromatic carbocycles. The summed E-state index contributed by atoms with van der Waals surface area (Å²) in [6, 6.07) is 0. The molecule has 0 saturated carbocycles. The predicted molar refractivity (Wildman–Crippen MR) is 60.6 cm³/mol. The number of nitrogens with one attached hydrogen (secondary N) is 1. The highest BCUT2D eigenvalue weighted by molar-refractivity contribution is 5.79. The molecule has 1 atom stereocenters. The van der Waals surface area contributed by atoms with Crippen molar-refractivity contribution in [1.29, 1.82) is 0 Å². The number of amides is 1. The maximum atomic E-state index is 12.1. The molecule has 3 nitrogen and oxygen atoms in total. The number of hydrogen-bond donors (Lipinski definition) is 1. The number of carbonyl (C=O) groups excluding carboxylic acids is 1. The number of hydrogen-bond acceptors (Lipinski definition) is 2. The van der Waals surface area contributed by atoms with Crippen molar-refractivity contribution < 1.29 is 4.79 Å². The van der Waals surface area contributed by atoms with Gasteiger partial charge < -0.3 is 10.2 Å². The monoisotopic (exact) mass is 210 g/mol. The third-order valence-electron chi connectivity index (χ3n) is 3.91.